The average Bonchev–Trinajstić information content (AvgIpc) is 2.10. The van der Waals surface area contributed by atoms with E-state index in [1.165, 1.54) is 24.3 Å². The summed E-state index contributed by atoms with van der Waals surface area (Å²) in [7, 11) is 0. The van der Waals surface area contributed by atoms with Crippen LogP contribution in [0, 0.1) is 5.82 Å². The van der Waals surface area contributed by atoms with Crippen molar-refractivity contribution in [3.8, 4) is 5.75 Å². The SMILES string of the molecule is O=C(O)CC=Cc1cc(O)ccc1F. The molecule has 1 aromatic rings. The summed E-state index contributed by atoms with van der Waals surface area (Å²) in [5, 5.41) is 17.4. The van der Waals surface area contributed by atoms with Crippen molar-refractivity contribution in [3.63, 3.8) is 0 Å². The third-order valence-electron chi connectivity index (χ3n) is 1.57. The summed E-state index contributed by atoms with van der Waals surface area (Å²) in [6.07, 6.45) is 2.47. The molecule has 0 saturated carbocycles. The van der Waals surface area contributed by atoms with Gasteiger partial charge in [0.05, 0.1) is 6.42 Å². The number of halogens is 1. The van der Waals surface area contributed by atoms with Crippen LogP contribution in [0.15, 0.2) is 24.3 Å². The Balaban J connectivity index is 2.80. The molecule has 0 aromatic heterocycles. The van der Waals surface area contributed by atoms with Gasteiger partial charge in [0.25, 0.3) is 0 Å². The van der Waals surface area contributed by atoms with Crippen molar-refractivity contribution < 1.29 is 19.4 Å². The molecule has 1 aromatic carbocycles. The van der Waals surface area contributed by atoms with Crippen LogP contribution in [0.5, 0.6) is 5.75 Å². The zero-order valence-corrected chi connectivity index (χ0v) is 7.27. The fraction of sp³-hybridized carbons (Fsp3) is 0.100. The zero-order chi connectivity index (χ0) is 10.6. The van der Waals surface area contributed by atoms with Gasteiger partial charge in [-0.2, -0.15) is 0 Å². The van der Waals surface area contributed by atoms with Gasteiger partial charge in [0.2, 0.25) is 0 Å². The van der Waals surface area contributed by atoms with Gasteiger partial charge < -0.3 is 10.2 Å². The Bertz CT molecular complexity index is 372. The lowest BCUT2D eigenvalue weighted by Gasteiger charge is -1.97. The summed E-state index contributed by atoms with van der Waals surface area (Å²) in [6, 6.07) is 3.58. The van der Waals surface area contributed by atoms with Crippen molar-refractivity contribution >= 4 is 12.0 Å². The number of carboxylic acids is 1. The molecule has 0 heterocycles. The van der Waals surface area contributed by atoms with E-state index in [9.17, 15) is 9.18 Å². The molecule has 74 valence electrons. The minimum Gasteiger partial charge on any atom is -0.508 e. The first-order chi connectivity index (χ1) is 6.59. The molecule has 4 heteroatoms. The fourth-order valence-electron chi connectivity index (χ4n) is 0.946. The highest BCUT2D eigenvalue weighted by molar-refractivity contribution is 5.70. The summed E-state index contributed by atoms with van der Waals surface area (Å²) >= 11 is 0. The second-order valence-corrected chi connectivity index (χ2v) is 2.71. The molecule has 14 heavy (non-hydrogen) atoms. The molecular formula is C10H9FO3. The second-order valence-electron chi connectivity index (χ2n) is 2.71. The molecule has 1 rings (SSSR count). The quantitative estimate of drug-likeness (QED) is 0.777. The van der Waals surface area contributed by atoms with E-state index in [-0.39, 0.29) is 17.7 Å². The summed E-state index contributed by atoms with van der Waals surface area (Å²) < 4.78 is 13.0. The third-order valence-corrected chi connectivity index (χ3v) is 1.57. The molecule has 0 unspecified atom stereocenters. The molecule has 2 N–H and O–H groups in total. The van der Waals surface area contributed by atoms with Gasteiger partial charge in [0, 0.05) is 5.56 Å². The van der Waals surface area contributed by atoms with Crippen molar-refractivity contribution in [2.75, 3.05) is 0 Å². The molecule has 0 saturated heterocycles. The normalized spacial score (nSPS) is 10.6. The average molecular weight is 196 g/mol. The topological polar surface area (TPSA) is 57.5 Å². The third kappa shape index (κ3) is 2.90. The Hall–Kier alpha value is -1.84. The maximum Gasteiger partial charge on any atom is 0.307 e. The summed E-state index contributed by atoms with van der Waals surface area (Å²) in [6.45, 7) is 0. The highest BCUT2D eigenvalue weighted by atomic mass is 19.1. The predicted octanol–water partition coefficient (Wildman–Crippen LogP) is 2.02. The van der Waals surface area contributed by atoms with E-state index in [4.69, 9.17) is 10.2 Å². The van der Waals surface area contributed by atoms with Crippen LogP contribution in [0.4, 0.5) is 4.39 Å². The molecule has 0 bridgehead atoms. The van der Waals surface area contributed by atoms with Gasteiger partial charge in [-0.1, -0.05) is 12.2 Å². The minimum atomic E-state index is -0.984. The molecule has 0 radical (unpaired) electrons. The first-order valence-electron chi connectivity index (χ1n) is 3.96. The minimum absolute atomic E-state index is 0.0543. The standard InChI is InChI=1S/C10H9FO3/c11-9-5-4-8(12)6-7(9)2-1-3-10(13)14/h1-2,4-6,12H,3H2,(H,13,14). The van der Waals surface area contributed by atoms with E-state index < -0.39 is 11.8 Å². The number of hydrogen-bond donors (Lipinski definition) is 2. The van der Waals surface area contributed by atoms with Gasteiger partial charge in [0.15, 0.2) is 0 Å². The van der Waals surface area contributed by atoms with Crippen LogP contribution < -0.4 is 0 Å². The lowest BCUT2D eigenvalue weighted by molar-refractivity contribution is -0.135. The second kappa shape index (κ2) is 4.41. The maximum atomic E-state index is 13.0. The summed E-state index contributed by atoms with van der Waals surface area (Å²) in [5.74, 6) is -1.53. The molecular weight excluding hydrogens is 187 g/mol. The Morgan fingerprint density at radius 3 is 2.86 bits per heavy atom. The van der Waals surface area contributed by atoms with Gasteiger partial charge in [-0.25, -0.2) is 4.39 Å². The Morgan fingerprint density at radius 2 is 2.21 bits per heavy atom. The number of phenolic OH excluding ortho intramolecular Hbond substituents is 1. The number of hydrogen-bond acceptors (Lipinski definition) is 2. The van der Waals surface area contributed by atoms with Gasteiger partial charge in [-0.15, -0.1) is 0 Å². The lowest BCUT2D eigenvalue weighted by Crippen LogP contribution is -1.90. The van der Waals surface area contributed by atoms with Gasteiger partial charge in [-0.3, -0.25) is 4.79 Å². The lowest BCUT2D eigenvalue weighted by atomic mass is 10.2. The molecule has 0 aliphatic carbocycles. The van der Waals surface area contributed by atoms with Gasteiger partial charge in [-0.05, 0) is 18.2 Å². The smallest absolute Gasteiger partial charge is 0.307 e. The Labute approximate surface area is 80.1 Å². The van der Waals surface area contributed by atoms with Crippen LogP contribution in [-0.2, 0) is 4.79 Å². The number of benzene rings is 1. The number of aromatic hydroxyl groups is 1. The molecule has 0 spiro atoms. The number of rotatable bonds is 3. The summed E-state index contributed by atoms with van der Waals surface area (Å²) in [5.41, 5.74) is 0.172. The molecule has 3 nitrogen and oxygen atoms in total. The van der Waals surface area contributed by atoms with Crippen molar-refractivity contribution in [1.82, 2.24) is 0 Å². The maximum absolute atomic E-state index is 13.0. The van der Waals surface area contributed by atoms with Crippen LogP contribution in [0.1, 0.15) is 12.0 Å². The number of phenols is 1. The van der Waals surface area contributed by atoms with E-state index in [1.54, 1.807) is 0 Å². The molecule has 0 fully saturated rings. The highest BCUT2D eigenvalue weighted by Gasteiger charge is 1.99. The largest absolute Gasteiger partial charge is 0.508 e. The number of carbonyl (C=O) groups is 1. The van der Waals surface area contributed by atoms with Crippen LogP contribution in [0.25, 0.3) is 6.08 Å². The van der Waals surface area contributed by atoms with Crippen LogP contribution in [-0.4, -0.2) is 16.2 Å². The highest BCUT2D eigenvalue weighted by Crippen LogP contribution is 2.16. The molecule has 0 aliphatic rings. The number of carboxylic acid groups (broad SMARTS) is 1. The van der Waals surface area contributed by atoms with E-state index >= 15 is 0 Å². The van der Waals surface area contributed by atoms with Gasteiger partial charge in [0.1, 0.15) is 11.6 Å². The van der Waals surface area contributed by atoms with Crippen molar-refractivity contribution in [2.45, 2.75) is 6.42 Å². The fourth-order valence-corrected chi connectivity index (χ4v) is 0.946. The first kappa shape index (κ1) is 10.2. The van der Waals surface area contributed by atoms with Crippen LogP contribution in [0.2, 0.25) is 0 Å². The predicted molar refractivity (Wildman–Crippen MR) is 49.4 cm³/mol. The van der Waals surface area contributed by atoms with E-state index in [0.717, 1.165) is 6.07 Å². The molecule has 0 aliphatic heterocycles. The van der Waals surface area contributed by atoms with Crippen molar-refractivity contribution in [1.29, 1.82) is 0 Å². The van der Waals surface area contributed by atoms with E-state index in [2.05, 4.69) is 0 Å². The Morgan fingerprint density at radius 1 is 1.50 bits per heavy atom. The van der Waals surface area contributed by atoms with E-state index in [1.807, 2.05) is 0 Å². The van der Waals surface area contributed by atoms with Gasteiger partial charge >= 0.3 is 5.97 Å². The molecule has 0 amide bonds. The zero-order valence-electron chi connectivity index (χ0n) is 7.27. The van der Waals surface area contributed by atoms with Crippen LogP contribution in [0.3, 0.4) is 0 Å². The number of aliphatic carboxylic acids is 1. The van der Waals surface area contributed by atoms with E-state index in [0.29, 0.717) is 0 Å². The Kier molecular flexibility index (Phi) is 3.23. The summed E-state index contributed by atoms with van der Waals surface area (Å²) in [4.78, 5) is 10.1. The van der Waals surface area contributed by atoms with Crippen molar-refractivity contribution in [2.24, 2.45) is 0 Å². The van der Waals surface area contributed by atoms with Crippen molar-refractivity contribution in [3.05, 3.63) is 35.7 Å². The van der Waals surface area contributed by atoms with Crippen LogP contribution >= 0.6 is 0 Å². The monoisotopic (exact) mass is 196 g/mol. The first-order valence-corrected chi connectivity index (χ1v) is 3.96. The molecule has 0 atom stereocenters.